The lowest BCUT2D eigenvalue weighted by Crippen LogP contribution is -2.44. The summed E-state index contributed by atoms with van der Waals surface area (Å²) in [6.45, 7) is 1.92. The zero-order chi connectivity index (χ0) is 14.8. The van der Waals surface area contributed by atoms with Crippen molar-refractivity contribution in [1.82, 2.24) is 9.80 Å². The van der Waals surface area contributed by atoms with Gasteiger partial charge in [-0.05, 0) is 31.8 Å². The molecule has 0 aromatic heterocycles. The molecule has 0 spiro atoms. The number of hydrogen-bond donors (Lipinski definition) is 0. The molecule has 1 aromatic carbocycles. The number of fused-ring (bicyclic) bond motifs is 1. The SMILES string of the molecule is CN(C)C(C(=O)N1CCSCC1)c1ccc2c(c1)OCO2. The van der Waals surface area contributed by atoms with E-state index in [4.69, 9.17) is 9.47 Å². The molecule has 2 aliphatic rings. The molecule has 6 heteroatoms. The minimum Gasteiger partial charge on any atom is -0.454 e. The van der Waals surface area contributed by atoms with Gasteiger partial charge in [0.15, 0.2) is 11.5 Å². The number of nitrogens with zero attached hydrogens (tertiary/aromatic N) is 2. The second kappa shape index (κ2) is 6.15. The molecule has 1 amide bonds. The first kappa shape index (κ1) is 14.5. The van der Waals surface area contributed by atoms with Crippen LogP contribution in [0.25, 0.3) is 0 Å². The molecule has 2 heterocycles. The Morgan fingerprint density at radius 3 is 2.67 bits per heavy atom. The van der Waals surface area contributed by atoms with Gasteiger partial charge in [-0.1, -0.05) is 6.07 Å². The van der Waals surface area contributed by atoms with Gasteiger partial charge >= 0.3 is 0 Å². The molecule has 0 aliphatic carbocycles. The summed E-state index contributed by atoms with van der Waals surface area (Å²) in [6.07, 6.45) is 0. The molecule has 1 aromatic rings. The van der Waals surface area contributed by atoms with Crippen LogP contribution in [0.3, 0.4) is 0 Å². The number of amides is 1. The molecule has 1 unspecified atom stereocenters. The fourth-order valence-corrected chi connectivity index (χ4v) is 3.60. The lowest BCUT2D eigenvalue weighted by atomic mass is 10.0. The summed E-state index contributed by atoms with van der Waals surface area (Å²) in [5.74, 6) is 3.68. The molecule has 1 saturated heterocycles. The Hall–Kier alpha value is -1.40. The van der Waals surface area contributed by atoms with Crippen molar-refractivity contribution in [3.05, 3.63) is 23.8 Å². The Balaban J connectivity index is 1.85. The van der Waals surface area contributed by atoms with Gasteiger partial charge in [0.05, 0.1) is 0 Å². The van der Waals surface area contributed by atoms with Gasteiger partial charge in [0, 0.05) is 24.6 Å². The quantitative estimate of drug-likeness (QED) is 0.848. The fourth-order valence-electron chi connectivity index (χ4n) is 2.70. The van der Waals surface area contributed by atoms with E-state index in [1.807, 2.05) is 53.9 Å². The van der Waals surface area contributed by atoms with E-state index in [2.05, 4.69) is 0 Å². The summed E-state index contributed by atoms with van der Waals surface area (Å²) < 4.78 is 10.8. The summed E-state index contributed by atoms with van der Waals surface area (Å²) in [7, 11) is 3.87. The van der Waals surface area contributed by atoms with Crippen LogP contribution in [-0.2, 0) is 4.79 Å². The number of thioether (sulfide) groups is 1. The number of likely N-dealkylation sites (N-methyl/N-ethyl adjacent to an activating group) is 1. The maximum absolute atomic E-state index is 12.8. The zero-order valence-corrected chi connectivity index (χ0v) is 13.2. The second-order valence-corrected chi connectivity index (χ2v) is 6.64. The van der Waals surface area contributed by atoms with Crippen molar-refractivity contribution in [2.24, 2.45) is 0 Å². The number of rotatable bonds is 3. The van der Waals surface area contributed by atoms with Gasteiger partial charge in [0.1, 0.15) is 6.04 Å². The molecule has 0 saturated carbocycles. The molecule has 0 bridgehead atoms. The van der Waals surface area contributed by atoms with E-state index in [-0.39, 0.29) is 18.7 Å². The molecule has 0 N–H and O–H groups in total. The second-order valence-electron chi connectivity index (χ2n) is 5.42. The molecule has 3 rings (SSSR count). The number of carbonyl (C=O) groups excluding carboxylic acids is 1. The highest BCUT2D eigenvalue weighted by atomic mass is 32.2. The van der Waals surface area contributed by atoms with Crippen LogP contribution in [0.4, 0.5) is 0 Å². The highest BCUT2D eigenvalue weighted by molar-refractivity contribution is 7.99. The Kier molecular flexibility index (Phi) is 4.26. The number of benzene rings is 1. The highest BCUT2D eigenvalue weighted by Gasteiger charge is 2.30. The fraction of sp³-hybridized carbons (Fsp3) is 0.533. The van der Waals surface area contributed by atoms with Crippen molar-refractivity contribution in [3.63, 3.8) is 0 Å². The molecule has 1 fully saturated rings. The van der Waals surface area contributed by atoms with Gasteiger partial charge in [0.2, 0.25) is 12.7 Å². The Morgan fingerprint density at radius 1 is 1.24 bits per heavy atom. The van der Waals surface area contributed by atoms with E-state index in [1.54, 1.807) is 0 Å². The summed E-state index contributed by atoms with van der Waals surface area (Å²) >= 11 is 1.90. The van der Waals surface area contributed by atoms with Crippen molar-refractivity contribution >= 4 is 17.7 Å². The van der Waals surface area contributed by atoms with Crippen LogP contribution in [-0.4, -0.2) is 61.2 Å². The normalized spacial score (nSPS) is 18.9. The van der Waals surface area contributed by atoms with Crippen LogP contribution in [0.5, 0.6) is 11.5 Å². The monoisotopic (exact) mass is 308 g/mol. The summed E-state index contributed by atoms with van der Waals surface area (Å²) in [5, 5.41) is 0. The maximum Gasteiger partial charge on any atom is 0.244 e. The highest BCUT2D eigenvalue weighted by Crippen LogP contribution is 2.35. The van der Waals surface area contributed by atoms with Crippen LogP contribution >= 0.6 is 11.8 Å². The third-order valence-electron chi connectivity index (χ3n) is 3.79. The van der Waals surface area contributed by atoms with Crippen molar-refractivity contribution in [3.8, 4) is 11.5 Å². The van der Waals surface area contributed by atoms with Gasteiger partial charge in [-0.15, -0.1) is 0 Å². The van der Waals surface area contributed by atoms with E-state index in [1.165, 1.54) is 0 Å². The zero-order valence-electron chi connectivity index (χ0n) is 12.4. The molecule has 1 atom stereocenters. The van der Waals surface area contributed by atoms with E-state index in [0.29, 0.717) is 0 Å². The van der Waals surface area contributed by atoms with E-state index in [0.717, 1.165) is 41.7 Å². The predicted molar refractivity (Wildman–Crippen MR) is 82.9 cm³/mol. The van der Waals surface area contributed by atoms with Crippen molar-refractivity contribution in [1.29, 1.82) is 0 Å². The molecule has 114 valence electrons. The van der Waals surface area contributed by atoms with E-state index in [9.17, 15) is 4.79 Å². The standard InChI is InChI=1S/C15H20N2O3S/c1-16(2)14(15(18)17-5-7-21-8-6-17)11-3-4-12-13(9-11)20-10-19-12/h3-4,9,14H,5-8,10H2,1-2H3. The van der Waals surface area contributed by atoms with Gasteiger partial charge in [0.25, 0.3) is 0 Å². The Labute approximate surface area is 129 Å². The van der Waals surface area contributed by atoms with Crippen LogP contribution in [0.2, 0.25) is 0 Å². The topological polar surface area (TPSA) is 42.0 Å². The Morgan fingerprint density at radius 2 is 1.95 bits per heavy atom. The van der Waals surface area contributed by atoms with Crippen molar-refractivity contribution in [2.75, 3.05) is 45.5 Å². The van der Waals surface area contributed by atoms with Crippen LogP contribution in [0, 0.1) is 0 Å². The lowest BCUT2D eigenvalue weighted by Gasteiger charge is -2.33. The minimum atomic E-state index is -0.275. The first-order valence-electron chi connectivity index (χ1n) is 7.09. The van der Waals surface area contributed by atoms with Crippen LogP contribution in [0.1, 0.15) is 11.6 Å². The summed E-state index contributed by atoms with van der Waals surface area (Å²) in [5.41, 5.74) is 0.951. The number of carbonyl (C=O) groups is 1. The van der Waals surface area contributed by atoms with Gasteiger partial charge in [-0.2, -0.15) is 11.8 Å². The average Bonchev–Trinajstić information content (AvgIpc) is 2.95. The minimum absolute atomic E-state index is 0.166. The van der Waals surface area contributed by atoms with Crippen molar-refractivity contribution in [2.45, 2.75) is 6.04 Å². The molecule has 2 aliphatic heterocycles. The van der Waals surface area contributed by atoms with E-state index >= 15 is 0 Å². The number of ether oxygens (including phenoxy) is 2. The molecule has 5 nitrogen and oxygen atoms in total. The molecule has 21 heavy (non-hydrogen) atoms. The molecular formula is C15H20N2O3S. The van der Waals surface area contributed by atoms with Gasteiger partial charge in [-0.3, -0.25) is 9.69 Å². The van der Waals surface area contributed by atoms with E-state index < -0.39 is 0 Å². The average molecular weight is 308 g/mol. The van der Waals surface area contributed by atoms with Gasteiger partial charge < -0.3 is 14.4 Å². The van der Waals surface area contributed by atoms with Crippen LogP contribution in [0.15, 0.2) is 18.2 Å². The first-order valence-corrected chi connectivity index (χ1v) is 8.25. The molecular weight excluding hydrogens is 288 g/mol. The largest absolute Gasteiger partial charge is 0.454 e. The van der Waals surface area contributed by atoms with Gasteiger partial charge in [-0.25, -0.2) is 0 Å². The summed E-state index contributed by atoms with van der Waals surface area (Å²) in [6, 6.07) is 5.48. The summed E-state index contributed by atoms with van der Waals surface area (Å²) in [4.78, 5) is 16.8. The Bertz CT molecular complexity index is 530. The number of hydrogen-bond acceptors (Lipinski definition) is 5. The van der Waals surface area contributed by atoms with Crippen LogP contribution < -0.4 is 9.47 Å². The molecule has 0 radical (unpaired) electrons. The van der Waals surface area contributed by atoms with Crippen molar-refractivity contribution < 1.29 is 14.3 Å². The third-order valence-corrected chi connectivity index (χ3v) is 4.73. The smallest absolute Gasteiger partial charge is 0.244 e. The maximum atomic E-state index is 12.8. The first-order chi connectivity index (χ1) is 10.2. The third kappa shape index (κ3) is 2.96. The predicted octanol–water partition coefficient (Wildman–Crippen LogP) is 1.59. The lowest BCUT2D eigenvalue weighted by molar-refractivity contribution is -0.136.